The predicted molar refractivity (Wildman–Crippen MR) is 133 cm³/mol. The number of aromatic amines is 1. The molecule has 172 valence electrons. The van der Waals surface area contributed by atoms with E-state index in [9.17, 15) is 4.79 Å². The molecule has 3 N–H and O–H groups in total. The highest BCUT2D eigenvalue weighted by Crippen LogP contribution is 2.37. The summed E-state index contributed by atoms with van der Waals surface area (Å²) >= 11 is 0. The zero-order valence-electron chi connectivity index (χ0n) is 19.5. The number of carbonyl (C=O) groups excluding carboxylic acids is 1. The van der Waals surface area contributed by atoms with E-state index >= 15 is 0 Å². The molecular formula is C25H31N7O. The molecule has 0 unspecified atom stereocenters. The van der Waals surface area contributed by atoms with Crippen molar-refractivity contribution in [3.63, 3.8) is 0 Å². The van der Waals surface area contributed by atoms with Gasteiger partial charge in [-0.25, -0.2) is 9.97 Å². The summed E-state index contributed by atoms with van der Waals surface area (Å²) in [6, 6.07) is 9.00. The van der Waals surface area contributed by atoms with E-state index in [0.29, 0.717) is 17.1 Å². The first kappa shape index (κ1) is 21.5. The summed E-state index contributed by atoms with van der Waals surface area (Å²) in [5.74, 6) is -0.465. The molecule has 1 aliphatic carbocycles. The fourth-order valence-corrected chi connectivity index (χ4v) is 5.01. The first-order valence-electron chi connectivity index (χ1n) is 11.6. The SMILES string of the molecule is CN(C)CCN(C)c1cc(-c2ccc3c(c2)ncn3C2CCCC2)c2nc[nH]c2c1C(N)=O. The molecule has 33 heavy (non-hydrogen) atoms. The third-order valence-corrected chi connectivity index (χ3v) is 6.83. The maximum atomic E-state index is 12.5. The number of fused-ring (bicyclic) bond motifs is 2. The molecule has 0 saturated heterocycles. The summed E-state index contributed by atoms with van der Waals surface area (Å²) in [4.78, 5) is 29.1. The highest BCUT2D eigenvalue weighted by Gasteiger charge is 2.23. The van der Waals surface area contributed by atoms with Gasteiger partial charge in [-0.15, -0.1) is 0 Å². The number of aromatic nitrogens is 4. The molecule has 2 heterocycles. The number of primary amides is 1. The Balaban J connectivity index is 1.63. The molecule has 0 atom stereocenters. The maximum absolute atomic E-state index is 12.5. The van der Waals surface area contributed by atoms with Crippen molar-refractivity contribution in [1.82, 2.24) is 24.4 Å². The van der Waals surface area contributed by atoms with Gasteiger partial charge in [-0.3, -0.25) is 4.79 Å². The number of H-pyrrole nitrogens is 1. The Morgan fingerprint density at radius 2 is 1.94 bits per heavy atom. The van der Waals surface area contributed by atoms with Gasteiger partial charge < -0.3 is 25.1 Å². The van der Waals surface area contributed by atoms with Gasteiger partial charge in [0.05, 0.1) is 46.0 Å². The van der Waals surface area contributed by atoms with Crippen molar-refractivity contribution in [3.8, 4) is 11.1 Å². The minimum absolute atomic E-state index is 0.465. The van der Waals surface area contributed by atoms with Crippen LogP contribution in [0.5, 0.6) is 0 Å². The van der Waals surface area contributed by atoms with Crippen molar-refractivity contribution in [3.05, 3.63) is 42.5 Å². The minimum atomic E-state index is -0.465. The molecule has 2 aromatic heterocycles. The number of hydrogen-bond donors (Lipinski definition) is 2. The minimum Gasteiger partial charge on any atom is -0.373 e. The Hall–Kier alpha value is -3.39. The van der Waals surface area contributed by atoms with Crippen LogP contribution in [-0.2, 0) is 0 Å². The molecule has 8 heteroatoms. The maximum Gasteiger partial charge on any atom is 0.253 e. The van der Waals surface area contributed by atoms with Gasteiger partial charge >= 0.3 is 0 Å². The number of hydrogen-bond acceptors (Lipinski definition) is 5. The Morgan fingerprint density at radius 1 is 1.15 bits per heavy atom. The van der Waals surface area contributed by atoms with Gasteiger partial charge in [-0.1, -0.05) is 18.9 Å². The average Bonchev–Trinajstić information content (AvgIpc) is 3.55. The van der Waals surface area contributed by atoms with Gasteiger partial charge in [-0.05, 0) is 50.7 Å². The molecule has 1 saturated carbocycles. The van der Waals surface area contributed by atoms with Crippen molar-refractivity contribution < 1.29 is 4.79 Å². The Kier molecular flexibility index (Phi) is 5.54. The van der Waals surface area contributed by atoms with Gasteiger partial charge in [0.15, 0.2) is 0 Å². The van der Waals surface area contributed by atoms with E-state index in [2.05, 4.69) is 42.5 Å². The van der Waals surface area contributed by atoms with Crippen molar-refractivity contribution in [2.24, 2.45) is 5.73 Å². The first-order chi connectivity index (χ1) is 15.9. The zero-order valence-corrected chi connectivity index (χ0v) is 19.5. The molecule has 2 aromatic carbocycles. The molecular weight excluding hydrogens is 414 g/mol. The van der Waals surface area contributed by atoms with Crippen molar-refractivity contribution in [2.45, 2.75) is 31.7 Å². The van der Waals surface area contributed by atoms with Crippen molar-refractivity contribution in [2.75, 3.05) is 39.1 Å². The summed E-state index contributed by atoms with van der Waals surface area (Å²) in [7, 11) is 6.06. The second-order valence-corrected chi connectivity index (χ2v) is 9.33. The number of nitrogens with one attached hydrogen (secondary N) is 1. The van der Waals surface area contributed by atoms with E-state index in [-0.39, 0.29) is 0 Å². The van der Waals surface area contributed by atoms with E-state index < -0.39 is 5.91 Å². The number of rotatable bonds is 7. The van der Waals surface area contributed by atoms with E-state index in [1.54, 1.807) is 6.33 Å². The topological polar surface area (TPSA) is 96.1 Å². The summed E-state index contributed by atoms with van der Waals surface area (Å²) in [5, 5.41) is 0. The molecule has 1 fully saturated rings. The number of anilines is 1. The summed E-state index contributed by atoms with van der Waals surface area (Å²) < 4.78 is 2.33. The van der Waals surface area contributed by atoms with Gasteiger partial charge in [0.1, 0.15) is 0 Å². The molecule has 8 nitrogen and oxygen atoms in total. The number of nitrogens with two attached hydrogens (primary N) is 1. The van der Waals surface area contributed by atoms with Gasteiger partial charge in [0, 0.05) is 31.7 Å². The molecule has 5 rings (SSSR count). The molecule has 1 amide bonds. The van der Waals surface area contributed by atoms with Crippen LogP contribution < -0.4 is 10.6 Å². The number of likely N-dealkylation sites (N-methyl/N-ethyl adjacent to an activating group) is 2. The number of amides is 1. The third kappa shape index (κ3) is 3.84. The second kappa shape index (κ2) is 8.51. The van der Waals surface area contributed by atoms with Gasteiger partial charge in [0.25, 0.3) is 5.91 Å². The zero-order chi connectivity index (χ0) is 23.1. The third-order valence-electron chi connectivity index (χ3n) is 6.83. The van der Waals surface area contributed by atoms with Crippen LogP contribution in [-0.4, -0.2) is 64.6 Å². The lowest BCUT2D eigenvalue weighted by molar-refractivity contribution is 0.100. The summed E-state index contributed by atoms with van der Waals surface area (Å²) in [5.41, 5.74) is 12.6. The molecule has 4 aromatic rings. The normalized spacial score (nSPS) is 14.7. The highest BCUT2D eigenvalue weighted by molar-refractivity contribution is 6.13. The standard InChI is InChI=1S/C25H31N7O/c1-30(2)10-11-31(3)21-13-18(23-24(28-14-27-23)22(21)25(26)33)16-8-9-20-19(12-16)29-15-32(20)17-6-4-5-7-17/h8-9,12-15,17H,4-7,10-11H2,1-3H3,(H2,26,33)(H,27,28). The van der Waals surface area contributed by atoms with E-state index in [4.69, 9.17) is 10.7 Å². The van der Waals surface area contributed by atoms with Gasteiger partial charge in [0.2, 0.25) is 0 Å². The van der Waals surface area contributed by atoms with Gasteiger partial charge in [-0.2, -0.15) is 0 Å². The fraction of sp³-hybridized carbons (Fsp3) is 0.400. The lowest BCUT2D eigenvalue weighted by atomic mass is 9.98. The van der Waals surface area contributed by atoms with Crippen LogP contribution in [0.4, 0.5) is 5.69 Å². The van der Waals surface area contributed by atoms with Crippen LogP contribution in [0, 0.1) is 0 Å². The van der Waals surface area contributed by atoms with Crippen molar-refractivity contribution >= 4 is 33.7 Å². The number of carbonyl (C=O) groups is 1. The summed E-state index contributed by atoms with van der Waals surface area (Å²) in [6.07, 6.45) is 8.62. The van der Waals surface area contributed by atoms with Crippen molar-refractivity contribution in [1.29, 1.82) is 0 Å². The smallest absolute Gasteiger partial charge is 0.253 e. The molecule has 0 spiro atoms. The Labute approximate surface area is 193 Å². The lowest BCUT2D eigenvalue weighted by Crippen LogP contribution is -2.30. The number of nitrogens with zero attached hydrogens (tertiary/aromatic N) is 5. The molecule has 0 aliphatic heterocycles. The number of benzene rings is 2. The van der Waals surface area contributed by atoms with Crippen LogP contribution in [0.15, 0.2) is 36.9 Å². The van der Waals surface area contributed by atoms with E-state index in [1.165, 1.54) is 31.2 Å². The van der Waals surface area contributed by atoms with Crippen LogP contribution in [0.25, 0.3) is 33.2 Å². The molecule has 0 bridgehead atoms. The molecule has 0 radical (unpaired) electrons. The first-order valence-corrected chi connectivity index (χ1v) is 11.6. The van der Waals surface area contributed by atoms with Crippen LogP contribution in [0.2, 0.25) is 0 Å². The fourth-order valence-electron chi connectivity index (χ4n) is 5.01. The molecule has 1 aliphatic rings. The largest absolute Gasteiger partial charge is 0.373 e. The van der Waals surface area contributed by atoms with Crippen LogP contribution in [0.1, 0.15) is 42.1 Å². The average molecular weight is 446 g/mol. The van der Waals surface area contributed by atoms with Crippen LogP contribution >= 0.6 is 0 Å². The monoisotopic (exact) mass is 445 g/mol. The van der Waals surface area contributed by atoms with Crippen LogP contribution in [0.3, 0.4) is 0 Å². The lowest BCUT2D eigenvalue weighted by Gasteiger charge is -2.24. The number of imidazole rings is 2. The van der Waals surface area contributed by atoms with E-state index in [1.807, 2.05) is 33.5 Å². The Bertz CT molecular complexity index is 1310. The van der Waals surface area contributed by atoms with E-state index in [0.717, 1.165) is 40.9 Å². The highest BCUT2D eigenvalue weighted by atomic mass is 16.1. The Morgan fingerprint density at radius 3 is 2.67 bits per heavy atom. The second-order valence-electron chi connectivity index (χ2n) is 9.33. The predicted octanol–water partition coefficient (Wildman–Crippen LogP) is 3.79. The quantitative estimate of drug-likeness (QED) is 0.451. The summed E-state index contributed by atoms with van der Waals surface area (Å²) in [6.45, 7) is 1.62.